The predicted octanol–water partition coefficient (Wildman–Crippen LogP) is 3.19. The van der Waals surface area contributed by atoms with Crippen LogP contribution in [-0.2, 0) is 10.2 Å². The largest absolute Gasteiger partial charge is 0.496 e. The van der Waals surface area contributed by atoms with Crippen LogP contribution in [0.15, 0.2) is 6.07 Å². The number of nitriles is 1. The van der Waals surface area contributed by atoms with Crippen LogP contribution in [-0.4, -0.2) is 20.3 Å². The molecule has 1 aliphatic heterocycles. The first-order valence-corrected chi connectivity index (χ1v) is 6.65. The third-order valence-electron chi connectivity index (χ3n) is 4.27. The highest BCUT2D eigenvalue weighted by atomic mass is 16.5. The molecular formula is C16H21NO2. The second-order valence-corrected chi connectivity index (χ2v) is 5.46. The molecule has 1 aliphatic rings. The maximum atomic E-state index is 8.85. The molecule has 19 heavy (non-hydrogen) atoms. The van der Waals surface area contributed by atoms with Gasteiger partial charge in [-0.3, -0.25) is 0 Å². The summed E-state index contributed by atoms with van der Waals surface area (Å²) in [6.45, 7) is 7.76. The lowest BCUT2D eigenvalue weighted by Crippen LogP contribution is -2.47. The summed E-state index contributed by atoms with van der Waals surface area (Å²) < 4.78 is 10.9. The number of nitrogens with zero attached hydrogens (tertiary/aromatic N) is 1. The minimum Gasteiger partial charge on any atom is -0.496 e. The number of ether oxygens (including phenoxy) is 2. The summed E-state index contributed by atoms with van der Waals surface area (Å²) in [6.07, 6.45) is 1.45. The van der Waals surface area contributed by atoms with Crippen LogP contribution < -0.4 is 4.74 Å². The van der Waals surface area contributed by atoms with Crippen molar-refractivity contribution in [2.24, 2.45) is 0 Å². The zero-order chi connectivity index (χ0) is 14.0. The molecule has 0 amide bonds. The molecule has 3 heteroatoms. The third-order valence-corrected chi connectivity index (χ3v) is 4.27. The second-order valence-electron chi connectivity index (χ2n) is 5.46. The molecule has 1 aromatic rings. The van der Waals surface area contributed by atoms with Gasteiger partial charge in [0, 0.05) is 11.8 Å². The normalized spacial score (nSPS) is 16.6. The van der Waals surface area contributed by atoms with Crippen molar-refractivity contribution in [3.63, 3.8) is 0 Å². The van der Waals surface area contributed by atoms with Gasteiger partial charge in [0.25, 0.3) is 0 Å². The topological polar surface area (TPSA) is 42.2 Å². The monoisotopic (exact) mass is 259 g/mol. The van der Waals surface area contributed by atoms with E-state index in [0.717, 1.165) is 30.9 Å². The van der Waals surface area contributed by atoms with Crippen LogP contribution in [0.4, 0.5) is 0 Å². The SMILES string of the molecule is COc1c(C)cc(C2(CCC#N)COC2)c(C)c1C. The summed E-state index contributed by atoms with van der Waals surface area (Å²) in [5.74, 6) is 0.969. The Morgan fingerprint density at radius 1 is 1.32 bits per heavy atom. The molecule has 3 nitrogen and oxygen atoms in total. The van der Waals surface area contributed by atoms with Gasteiger partial charge in [0.05, 0.1) is 26.4 Å². The van der Waals surface area contributed by atoms with Crippen LogP contribution in [0, 0.1) is 32.1 Å². The van der Waals surface area contributed by atoms with Gasteiger partial charge in [-0.05, 0) is 49.4 Å². The maximum Gasteiger partial charge on any atom is 0.124 e. The van der Waals surface area contributed by atoms with E-state index in [9.17, 15) is 0 Å². The summed E-state index contributed by atoms with van der Waals surface area (Å²) in [5, 5.41) is 8.85. The average Bonchev–Trinajstić information content (AvgIpc) is 2.34. The van der Waals surface area contributed by atoms with E-state index in [1.54, 1.807) is 7.11 Å². The lowest BCUT2D eigenvalue weighted by Gasteiger charge is -2.43. The van der Waals surface area contributed by atoms with Crippen molar-refractivity contribution >= 4 is 0 Å². The number of methoxy groups -OCH3 is 1. The van der Waals surface area contributed by atoms with Gasteiger partial charge in [-0.25, -0.2) is 0 Å². The number of rotatable bonds is 4. The van der Waals surface area contributed by atoms with Crippen molar-refractivity contribution in [3.05, 3.63) is 28.3 Å². The third kappa shape index (κ3) is 2.21. The van der Waals surface area contributed by atoms with Gasteiger partial charge in [0.15, 0.2) is 0 Å². The quantitative estimate of drug-likeness (QED) is 0.834. The van der Waals surface area contributed by atoms with Gasteiger partial charge in [0.2, 0.25) is 0 Å². The van der Waals surface area contributed by atoms with E-state index in [-0.39, 0.29) is 5.41 Å². The van der Waals surface area contributed by atoms with Crippen molar-refractivity contribution in [3.8, 4) is 11.8 Å². The summed E-state index contributed by atoms with van der Waals surface area (Å²) in [4.78, 5) is 0. The lowest BCUT2D eigenvalue weighted by atomic mass is 9.72. The van der Waals surface area contributed by atoms with Gasteiger partial charge in [0.1, 0.15) is 5.75 Å². The Kier molecular flexibility index (Phi) is 3.82. The number of benzene rings is 1. The highest BCUT2D eigenvalue weighted by molar-refractivity contribution is 5.52. The maximum absolute atomic E-state index is 8.85. The molecular weight excluding hydrogens is 238 g/mol. The van der Waals surface area contributed by atoms with E-state index in [1.165, 1.54) is 16.7 Å². The number of aryl methyl sites for hydroxylation is 1. The fraction of sp³-hybridized carbons (Fsp3) is 0.562. The Labute approximate surface area is 115 Å². The molecule has 0 aromatic heterocycles. The first-order valence-electron chi connectivity index (χ1n) is 6.65. The van der Waals surface area contributed by atoms with Crippen molar-refractivity contribution in [1.82, 2.24) is 0 Å². The van der Waals surface area contributed by atoms with Crippen LogP contribution in [0.2, 0.25) is 0 Å². The average molecular weight is 259 g/mol. The highest BCUT2D eigenvalue weighted by Crippen LogP contribution is 2.42. The highest BCUT2D eigenvalue weighted by Gasteiger charge is 2.41. The van der Waals surface area contributed by atoms with E-state index in [4.69, 9.17) is 14.7 Å². The van der Waals surface area contributed by atoms with Crippen molar-refractivity contribution in [2.45, 2.75) is 39.0 Å². The Morgan fingerprint density at radius 3 is 2.47 bits per heavy atom. The molecule has 0 aliphatic carbocycles. The zero-order valence-corrected chi connectivity index (χ0v) is 12.2. The van der Waals surface area contributed by atoms with Gasteiger partial charge in [-0.1, -0.05) is 6.07 Å². The molecule has 0 atom stereocenters. The van der Waals surface area contributed by atoms with Crippen molar-refractivity contribution in [1.29, 1.82) is 5.26 Å². The molecule has 0 radical (unpaired) electrons. The Hall–Kier alpha value is -1.53. The molecule has 1 aromatic carbocycles. The smallest absolute Gasteiger partial charge is 0.124 e. The standard InChI is InChI=1S/C16H21NO2/c1-11-8-14(12(2)13(3)15(11)18-4)16(6-5-7-17)9-19-10-16/h8H,5-6,9-10H2,1-4H3. The van der Waals surface area contributed by atoms with Crippen LogP contribution in [0.1, 0.15) is 35.1 Å². The second kappa shape index (κ2) is 5.22. The number of hydrogen-bond acceptors (Lipinski definition) is 3. The zero-order valence-electron chi connectivity index (χ0n) is 12.2. The fourth-order valence-electron chi connectivity index (χ4n) is 3.00. The lowest BCUT2D eigenvalue weighted by molar-refractivity contribution is -0.0640. The first kappa shape index (κ1) is 13.9. The molecule has 0 saturated carbocycles. The number of hydrogen-bond donors (Lipinski definition) is 0. The van der Waals surface area contributed by atoms with E-state index in [1.807, 2.05) is 0 Å². The Balaban J connectivity index is 2.47. The molecule has 0 bridgehead atoms. The minimum atomic E-state index is 0.0294. The minimum absolute atomic E-state index is 0.0294. The molecule has 1 heterocycles. The van der Waals surface area contributed by atoms with E-state index < -0.39 is 0 Å². The van der Waals surface area contributed by atoms with E-state index in [0.29, 0.717) is 6.42 Å². The van der Waals surface area contributed by atoms with Gasteiger partial charge in [-0.2, -0.15) is 5.26 Å². The van der Waals surface area contributed by atoms with E-state index >= 15 is 0 Å². The van der Waals surface area contributed by atoms with Crippen molar-refractivity contribution < 1.29 is 9.47 Å². The summed E-state index contributed by atoms with van der Waals surface area (Å²) in [6, 6.07) is 4.46. The molecule has 102 valence electrons. The van der Waals surface area contributed by atoms with Gasteiger partial charge >= 0.3 is 0 Å². The van der Waals surface area contributed by atoms with Gasteiger partial charge in [-0.15, -0.1) is 0 Å². The first-order chi connectivity index (χ1) is 9.05. The summed E-state index contributed by atoms with van der Waals surface area (Å²) >= 11 is 0. The fourth-order valence-corrected chi connectivity index (χ4v) is 3.00. The van der Waals surface area contributed by atoms with Gasteiger partial charge < -0.3 is 9.47 Å². The molecule has 2 rings (SSSR count). The molecule has 1 fully saturated rings. The molecule has 0 spiro atoms. The predicted molar refractivity (Wildman–Crippen MR) is 74.5 cm³/mol. The van der Waals surface area contributed by atoms with Crippen molar-refractivity contribution in [2.75, 3.05) is 20.3 Å². The van der Waals surface area contributed by atoms with Crippen LogP contribution in [0.5, 0.6) is 5.75 Å². The van der Waals surface area contributed by atoms with Crippen LogP contribution in [0.3, 0.4) is 0 Å². The molecule has 0 N–H and O–H groups in total. The molecule has 1 saturated heterocycles. The Bertz CT molecular complexity index is 525. The molecule has 0 unspecified atom stereocenters. The van der Waals surface area contributed by atoms with E-state index in [2.05, 4.69) is 32.9 Å². The summed E-state index contributed by atoms with van der Waals surface area (Å²) in [5.41, 5.74) is 4.97. The van der Waals surface area contributed by atoms with Crippen LogP contribution >= 0.6 is 0 Å². The Morgan fingerprint density at radius 2 is 2.00 bits per heavy atom. The summed E-state index contributed by atoms with van der Waals surface area (Å²) in [7, 11) is 1.71. The van der Waals surface area contributed by atoms with Crippen LogP contribution in [0.25, 0.3) is 0 Å².